The normalized spacial score (nSPS) is 15.3. The van der Waals surface area contributed by atoms with E-state index in [-0.39, 0.29) is 0 Å². The second kappa shape index (κ2) is 8.79. The van der Waals surface area contributed by atoms with Crippen LogP contribution in [0, 0.1) is 0 Å². The van der Waals surface area contributed by atoms with Crippen LogP contribution in [-0.2, 0) is 6.54 Å². The zero-order valence-corrected chi connectivity index (χ0v) is 16.4. The molecule has 3 heterocycles. The third-order valence-electron chi connectivity index (χ3n) is 4.06. The largest absolute Gasteiger partial charge is 0.357 e. The molecule has 0 radical (unpaired) electrons. The molecule has 3 rings (SSSR count). The smallest absolute Gasteiger partial charge is 0.225 e. The maximum absolute atomic E-state index is 4.79. The highest BCUT2D eigenvalue weighted by atomic mass is 32.1. The summed E-state index contributed by atoms with van der Waals surface area (Å²) < 4.78 is 0. The minimum Gasteiger partial charge on any atom is -0.357 e. The number of piperazine rings is 1. The zero-order valence-electron chi connectivity index (χ0n) is 15.6. The first-order valence-corrected chi connectivity index (χ1v) is 9.72. The van der Waals surface area contributed by atoms with Gasteiger partial charge in [-0.2, -0.15) is 0 Å². The number of nitrogens with zero attached hydrogens (tertiary/aromatic N) is 7. The molecule has 1 N–H and O–H groups in total. The predicted octanol–water partition coefficient (Wildman–Crippen LogP) is 1.29. The lowest BCUT2D eigenvalue weighted by atomic mass is 10.3. The van der Waals surface area contributed by atoms with Crippen LogP contribution in [0.15, 0.2) is 28.8 Å². The zero-order chi connectivity index (χ0) is 18.4. The van der Waals surface area contributed by atoms with Gasteiger partial charge in [0.1, 0.15) is 0 Å². The Morgan fingerprint density at radius 2 is 1.96 bits per heavy atom. The molecule has 0 aliphatic carbocycles. The Hall–Kier alpha value is -2.42. The molecule has 2 aromatic rings. The quantitative estimate of drug-likeness (QED) is 0.624. The summed E-state index contributed by atoms with van der Waals surface area (Å²) in [6, 6.07) is 1.84. The van der Waals surface area contributed by atoms with Crippen molar-refractivity contribution in [3.63, 3.8) is 0 Å². The number of nitrogens with one attached hydrogen (secondary N) is 1. The van der Waals surface area contributed by atoms with Gasteiger partial charge in [0.25, 0.3) is 0 Å². The summed E-state index contributed by atoms with van der Waals surface area (Å²) in [5.41, 5.74) is 1.01. The monoisotopic (exact) mass is 374 g/mol. The van der Waals surface area contributed by atoms with E-state index in [0.717, 1.165) is 55.5 Å². The van der Waals surface area contributed by atoms with E-state index in [4.69, 9.17) is 4.99 Å². The van der Waals surface area contributed by atoms with Gasteiger partial charge in [-0.3, -0.25) is 0 Å². The average molecular weight is 375 g/mol. The number of hydrogen-bond donors (Lipinski definition) is 1. The van der Waals surface area contributed by atoms with Gasteiger partial charge in [0, 0.05) is 64.6 Å². The van der Waals surface area contributed by atoms with Gasteiger partial charge < -0.3 is 20.0 Å². The Labute approximate surface area is 158 Å². The summed E-state index contributed by atoms with van der Waals surface area (Å²) in [5, 5.41) is 6.49. The van der Waals surface area contributed by atoms with Crippen molar-refractivity contribution in [3.05, 3.63) is 29.5 Å². The van der Waals surface area contributed by atoms with E-state index >= 15 is 0 Å². The van der Waals surface area contributed by atoms with Crippen molar-refractivity contribution in [3.8, 4) is 0 Å². The average Bonchev–Trinajstić information content (AvgIpc) is 3.15. The molecule has 1 fully saturated rings. The molecular formula is C17H26N8S. The first-order valence-electron chi connectivity index (χ1n) is 8.84. The summed E-state index contributed by atoms with van der Waals surface area (Å²) >= 11 is 1.65. The minimum atomic E-state index is 0.592. The lowest BCUT2D eigenvalue weighted by molar-refractivity contribution is 0.370. The van der Waals surface area contributed by atoms with Crippen molar-refractivity contribution >= 4 is 28.4 Å². The molecule has 1 aliphatic heterocycles. The van der Waals surface area contributed by atoms with Gasteiger partial charge in [-0.05, 0) is 13.0 Å². The molecule has 140 valence electrons. The fourth-order valence-electron chi connectivity index (χ4n) is 2.73. The van der Waals surface area contributed by atoms with Gasteiger partial charge >= 0.3 is 0 Å². The lowest BCUT2D eigenvalue weighted by Gasteiger charge is -2.36. The van der Waals surface area contributed by atoms with Crippen LogP contribution in [0.1, 0.15) is 12.6 Å². The van der Waals surface area contributed by atoms with Gasteiger partial charge in [-0.1, -0.05) is 0 Å². The van der Waals surface area contributed by atoms with Crippen molar-refractivity contribution in [2.75, 3.05) is 56.6 Å². The molecule has 0 spiro atoms. The van der Waals surface area contributed by atoms with Crippen LogP contribution in [-0.4, -0.2) is 72.6 Å². The fourth-order valence-corrected chi connectivity index (χ4v) is 3.48. The summed E-state index contributed by atoms with van der Waals surface area (Å²) in [4.78, 5) is 24.6. The summed E-state index contributed by atoms with van der Waals surface area (Å²) in [7, 11) is 4.01. The van der Waals surface area contributed by atoms with Crippen molar-refractivity contribution < 1.29 is 0 Å². The van der Waals surface area contributed by atoms with Crippen molar-refractivity contribution in [1.29, 1.82) is 0 Å². The van der Waals surface area contributed by atoms with E-state index < -0.39 is 0 Å². The number of aliphatic imine (C=N–C) groups is 1. The van der Waals surface area contributed by atoms with Crippen LogP contribution < -0.4 is 15.1 Å². The number of thiazole rings is 1. The summed E-state index contributed by atoms with van der Waals surface area (Å²) in [5.74, 6) is 1.74. The molecule has 8 nitrogen and oxygen atoms in total. The summed E-state index contributed by atoms with van der Waals surface area (Å²) in [6.45, 7) is 7.09. The fraction of sp³-hybridized carbons (Fsp3) is 0.529. The van der Waals surface area contributed by atoms with Gasteiger partial charge in [0.05, 0.1) is 12.2 Å². The standard InChI is InChI=1S/C17H26N8S/c1-4-18-15(21-12-14-13-26-17(22-14)23(2)3)24-8-10-25(11-9-24)16-19-6-5-7-20-16/h5-7,13H,4,8-12H2,1-3H3,(H,18,21). The number of guanidine groups is 1. The molecule has 0 amide bonds. The van der Waals surface area contributed by atoms with Crippen LogP contribution >= 0.6 is 11.3 Å². The molecule has 2 aromatic heterocycles. The lowest BCUT2D eigenvalue weighted by Crippen LogP contribution is -2.53. The molecule has 26 heavy (non-hydrogen) atoms. The molecule has 0 atom stereocenters. The van der Waals surface area contributed by atoms with Crippen molar-refractivity contribution in [2.45, 2.75) is 13.5 Å². The Bertz CT molecular complexity index is 707. The van der Waals surface area contributed by atoms with Crippen LogP contribution in [0.5, 0.6) is 0 Å². The number of anilines is 2. The van der Waals surface area contributed by atoms with E-state index in [1.807, 2.05) is 25.1 Å². The van der Waals surface area contributed by atoms with Crippen molar-refractivity contribution in [2.24, 2.45) is 4.99 Å². The van der Waals surface area contributed by atoms with Crippen molar-refractivity contribution in [1.82, 2.24) is 25.2 Å². The van der Waals surface area contributed by atoms with Gasteiger partial charge in [-0.15, -0.1) is 11.3 Å². The maximum atomic E-state index is 4.79. The minimum absolute atomic E-state index is 0.592. The molecule has 1 aliphatic rings. The maximum Gasteiger partial charge on any atom is 0.225 e. The summed E-state index contributed by atoms with van der Waals surface area (Å²) in [6.07, 6.45) is 3.58. The topological polar surface area (TPSA) is 72.8 Å². The number of hydrogen-bond acceptors (Lipinski definition) is 7. The first kappa shape index (κ1) is 18.4. The third kappa shape index (κ3) is 4.60. The highest BCUT2D eigenvalue weighted by molar-refractivity contribution is 7.13. The predicted molar refractivity (Wildman–Crippen MR) is 107 cm³/mol. The molecule has 0 bridgehead atoms. The second-order valence-corrected chi connectivity index (χ2v) is 7.05. The van der Waals surface area contributed by atoms with Gasteiger partial charge in [-0.25, -0.2) is 19.9 Å². The van der Waals surface area contributed by atoms with Crippen LogP contribution in [0.4, 0.5) is 11.1 Å². The SMILES string of the molecule is CCNC(=NCc1csc(N(C)C)n1)N1CCN(c2ncccn2)CC1. The number of rotatable bonds is 5. The van der Waals surface area contributed by atoms with E-state index in [2.05, 4.69) is 42.4 Å². The van der Waals surface area contributed by atoms with Crippen LogP contribution in [0.3, 0.4) is 0 Å². The molecular weight excluding hydrogens is 348 g/mol. The second-order valence-electron chi connectivity index (χ2n) is 6.21. The number of aromatic nitrogens is 3. The van der Waals surface area contributed by atoms with Crippen LogP contribution in [0.25, 0.3) is 0 Å². The Kier molecular flexibility index (Phi) is 6.21. The van der Waals surface area contributed by atoms with E-state index in [9.17, 15) is 0 Å². The highest BCUT2D eigenvalue weighted by Crippen LogP contribution is 2.18. The third-order valence-corrected chi connectivity index (χ3v) is 5.12. The molecule has 0 unspecified atom stereocenters. The van der Waals surface area contributed by atoms with E-state index in [1.165, 1.54) is 0 Å². The Morgan fingerprint density at radius 1 is 1.23 bits per heavy atom. The Balaban J connectivity index is 1.61. The molecule has 0 aromatic carbocycles. The molecule has 1 saturated heterocycles. The van der Waals surface area contributed by atoms with E-state index in [0.29, 0.717) is 6.54 Å². The first-order chi connectivity index (χ1) is 12.7. The van der Waals surface area contributed by atoms with Gasteiger partial charge in [0.2, 0.25) is 5.95 Å². The van der Waals surface area contributed by atoms with Gasteiger partial charge in [0.15, 0.2) is 11.1 Å². The Morgan fingerprint density at radius 3 is 2.58 bits per heavy atom. The van der Waals surface area contributed by atoms with Crippen LogP contribution in [0.2, 0.25) is 0 Å². The molecule has 9 heteroatoms. The van der Waals surface area contributed by atoms with E-state index in [1.54, 1.807) is 23.7 Å². The molecule has 0 saturated carbocycles. The highest BCUT2D eigenvalue weighted by Gasteiger charge is 2.21.